The van der Waals surface area contributed by atoms with Crippen LogP contribution in [-0.4, -0.2) is 49.6 Å². The number of aromatic nitrogens is 2. The molecule has 0 spiro atoms. The quantitative estimate of drug-likeness (QED) is 0.482. The van der Waals surface area contributed by atoms with Crippen molar-refractivity contribution >= 4 is 7.60 Å². The third-order valence-corrected chi connectivity index (χ3v) is 3.76. The topological polar surface area (TPSA) is 151 Å². The van der Waals surface area contributed by atoms with Crippen LogP contribution in [0.2, 0.25) is 0 Å². The van der Waals surface area contributed by atoms with Gasteiger partial charge in [-0.1, -0.05) is 0 Å². The lowest BCUT2D eigenvalue weighted by atomic mass is 10.2. The minimum Gasteiger partial charge on any atom is -0.394 e. The van der Waals surface area contributed by atoms with Crippen LogP contribution in [0, 0.1) is 6.92 Å². The van der Waals surface area contributed by atoms with E-state index in [0.717, 1.165) is 4.57 Å². The highest BCUT2D eigenvalue weighted by Crippen LogP contribution is 2.37. The zero-order chi connectivity index (χ0) is 16.5. The average Bonchev–Trinajstić information content (AvgIpc) is 2.83. The Labute approximate surface area is 124 Å². The Morgan fingerprint density at radius 1 is 1.50 bits per heavy atom. The van der Waals surface area contributed by atoms with Crippen molar-refractivity contribution in [1.29, 1.82) is 0 Å². The summed E-state index contributed by atoms with van der Waals surface area (Å²) in [5, 5.41) is 9.25. The molecular weight excluding hydrogens is 319 g/mol. The second-order valence-electron chi connectivity index (χ2n) is 5.03. The van der Waals surface area contributed by atoms with E-state index in [1.165, 1.54) is 13.1 Å². The van der Waals surface area contributed by atoms with E-state index in [2.05, 4.69) is 4.98 Å². The molecule has 0 bridgehead atoms. The highest BCUT2D eigenvalue weighted by atomic mass is 31.2. The lowest BCUT2D eigenvalue weighted by Crippen LogP contribution is -2.33. The first kappa shape index (κ1) is 17.1. The number of ether oxygens (including phenoxy) is 2. The van der Waals surface area contributed by atoms with Gasteiger partial charge in [0.25, 0.3) is 5.56 Å². The van der Waals surface area contributed by atoms with Crippen molar-refractivity contribution in [2.24, 2.45) is 0 Å². The van der Waals surface area contributed by atoms with Crippen molar-refractivity contribution in [3.8, 4) is 0 Å². The molecule has 124 valence electrons. The fraction of sp³-hybridized carbons (Fsp3) is 0.636. The maximum atomic E-state index is 11.8. The summed E-state index contributed by atoms with van der Waals surface area (Å²) >= 11 is 0. The first-order chi connectivity index (χ1) is 10.2. The van der Waals surface area contributed by atoms with Crippen molar-refractivity contribution in [2.75, 3.05) is 13.0 Å². The molecule has 1 aromatic rings. The Bertz CT molecular complexity index is 692. The Hall–Kier alpha value is -1.29. The predicted octanol–water partition coefficient (Wildman–Crippen LogP) is -1.35. The molecule has 1 aliphatic rings. The summed E-state index contributed by atoms with van der Waals surface area (Å²) in [4.78, 5) is 42.9. The zero-order valence-electron chi connectivity index (χ0n) is 11.7. The second-order valence-corrected chi connectivity index (χ2v) is 6.61. The molecule has 1 fully saturated rings. The van der Waals surface area contributed by atoms with Crippen molar-refractivity contribution in [3.05, 3.63) is 32.6 Å². The van der Waals surface area contributed by atoms with Gasteiger partial charge in [-0.3, -0.25) is 18.9 Å². The molecule has 1 aliphatic heterocycles. The van der Waals surface area contributed by atoms with Gasteiger partial charge >= 0.3 is 13.3 Å². The molecule has 3 atom stereocenters. The van der Waals surface area contributed by atoms with Gasteiger partial charge in [-0.2, -0.15) is 0 Å². The molecule has 1 saturated heterocycles. The summed E-state index contributed by atoms with van der Waals surface area (Å²) in [6, 6.07) is 0. The summed E-state index contributed by atoms with van der Waals surface area (Å²) in [6.07, 6.45) is -1.77. The monoisotopic (exact) mass is 336 g/mol. The number of aryl methyl sites for hydroxylation is 1. The van der Waals surface area contributed by atoms with Crippen LogP contribution in [0.25, 0.3) is 0 Å². The molecule has 0 radical (unpaired) electrons. The summed E-state index contributed by atoms with van der Waals surface area (Å²) in [7, 11) is -4.35. The highest BCUT2D eigenvalue weighted by molar-refractivity contribution is 7.51. The molecule has 0 unspecified atom stereocenters. The molecule has 2 heterocycles. The Morgan fingerprint density at radius 3 is 2.77 bits per heavy atom. The number of hydrogen-bond donors (Lipinski definition) is 4. The van der Waals surface area contributed by atoms with Gasteiger partial charge in [0.2, 0.25) is 0 Å². The number of aromatic amines is 1. The van der Waals surface area contributed by atoms with Gasteiger partial charge in [0.15, 0.2) is 0 Å². The number of nitrogens with zero attached hydrogens (tertiary/aromatic N) is 1. The van der Waals surface area contributed by atoms with Crippen LogP contribution in [0.5, 0.6) is 0 Å². The molecule has 10 nitrogen and oxygen atoms in total. The summed E-state index contributed by atoms with van der Waals surface area (Å²) in [6.45, 7) is 1.09. The number of aliphatic hydroxyl groups is 1. The fourth-order valence-electron chi connectivity index (χ4n) is 2.20. The minimum atomic E-state index is -4.35. The largest absolute Gasteiger partial charge is 0.394 e. The van der Waals surface area contributed by atoms with E-state index in [1.807, 2.05) is 0 Å². The van der Waals surface area contributed by atoms with Crippen LogP contribution in [-0.2, 0) is 14.0 Å². The van der Waals surface area contributed by atoms with Crippen molar-refractivity contribution < 1.29 is 28.9 Å². The van der Waals surface area contributed by atoms with E-state index in [-0.39, 0.29) is 6.42 Å². The van der Waals surface area contributed by atoms with E-state index in [9.17, 15) is 19.3 Å². The van der Waals surface area contributed by atoms with Gasteiger partial charge in [-0.15, -0.1) is 0 Å². The van der Waals surface area contributed by atoms with E-state index in [0.29, 0.717) is 5.56 Å². The van der Waals surface area contributed by atoms with E-state index in [1.54, 1.807) is 0 Å². The van der Waals surface area contributed by atoms with Gasteiger partial charge in [-0.05, 0) is 6.92 Å². The molecule has 22 heavy (non-hydrogen) atoms. The van der Waals surface area contributed by atoms with E-state index in [4.69, 9.17) is 19.3 Å². The van der Waals surface area contributed by atoms with Gasteiger partial charge in [0, 0.05) is 18.2 Å². The molecule has 1 aromatic heterocycles. The molecule has 2 rings (SSSR count). The SMILES string of the molecule is Cc1cn([C@@H]2C[C@H](OCP(=O)(O)O)[C@@H](CO)O2)c(=O)[nH]c1=O. The van der Waals surface area contributed by atoms with Crippen molar-refractivity contribution in [1.82, 2.24) is 9.55 Å². The summed E-state index contributed by atoms with van der Waals surface area (Å²) in [5.41, 5.74) is -0.872. The van der Waals surface area contributed by atoms with E-state index >= 15 is 0 Å². The van der Waals surface area contributed by atoms with Crippen LogP contribution < -0.4 is 11.2 Å². The summed E-state index contributed by atoms with van der Waals surface area (Å²) in [5.74, 6) is 0. The first-order valence-corrected chi connectivity index (χ1v) is 8.25. The second kappa shape index (κ2) is 6.45. The first-order valence-electron chi connectivity index (χ1n) is 6.46. The number of hydrogen-bond acceptors (Lipinski definition) is 6. The Balaban J connectivity index is 2.18. The number of aliphatic hydroxyl groups excluding tert-OH is 1. The average molecular weight is 336 g/mol. The Kier molecular flexibility index (Phi) is 5.00. The fourth-order valence-corrected chi connectivity index (χ4v) is 2.59. The van der Waals surface area contributed by atoms with Crippen LogP contribution in [0.4, 0.5) is 0 Å². The van der Waals surface area contributed by atoms with Crippen LogP contribution >= 0.6 is 7.60 Å². The Morgan fingerprint density at radius 2 is 2.18 bits per heavy atom. The standard InChI is InChI=1S/C11H17N2O8P/c1-6-3-13(11(16)12-10(6)15)9-2-7(8(4-14)21-9)20-5-22(17,18)19/h3,7-9,14H,2,4-5H2,1H3,(H,12,15,16)(H2,17,18,19)/t7-,8+,9-/m0/s1. The van der Waals surface area contributed by atoms with E-state index < -0.39 is 50.2 Å². The third kappa shape index (κ3) is 3.92. The van der Waals surface area contributed by atoms with Crippen molar-refractivity contribution in [2.45, 2.75) is 31.8 Å². The lowest BCUT2D eigenvalue weighted by molar-refractivity contribution is -0.0573. The summed E-state index contributed by atoms with van der Waals surface area (Å²) < 4.78 is 22.5. The predicted molar refractivity (Wildman–Crippen MR) is 73.5 cm³/mol. The number of nitrogens with one attached hydrogen (secondary N) is 1. The molecule has 4 N–H and O–H groups in total. The molecule has 0 amide bonds. The normalized spacial score (nSPS) is 25.5. The third-order valence-electron chi connectivity index (χ3n) is 3.27. The lowest BCUT2D eigenvalue weighted by Gasteiger charge is -2.16. The van der Waals surface area contributed by atoms with Gasteiger partial charge in [0.05, 0.1) is 12.7 Å². The smallest absolute Gasteiger partial charge is 0.350 e. The van der Waals surface area contributed by atoms with Gasteiger partial charge in [0.1, 0.15) is 18.7 Å². The van der Waals surface area contributed by atoms with Crippen LogP contribution in [0.1, 0.15) is 18.2 Å². The van der Waals surface area contributed by atoms with Gasteiger partial charge < -0.3 is 24.4 Å². The molecular formula is C11H17N2O8P. The van der Waals surface area contributed by atoms with Crippen LogP contribution in [0.3, 0.4) is 0 Å². The van der Waals surface area contributed by atoms with Crippen LogP contribution in [0.15, 0.2) is 15.8 Å². The number of H-pyrrole nitrogens is 1. The number of rotatable bonds is 5. The molecule has 0 saturated carbocycles. The maximum absolute atomic E-state index is 11.8. The molecule has 0 aromatic carbocycles. The molecule has 11 heteroatoms. The minimum absolute atomic E-state index is 0.108. The maximum Gasteiger partial charge on any atom is 0.350 e. The van der Waals surface area contributed by atoms with Gasteiger partial charge in [-0.25, -0.2) is 4.79 Å². The highest BCUT2D eigenvalue weighted by Gasteiger charge is 2.38. The van der Waals surface area contributed by atoms with Crippen molar-refractivity contribution in [3.63, 3.8) is 0 Å². The zero-order valence-corrected chi connectivity index (χ0v) is 12.6. The molecule has 0 aliphatic carbocycles.